The van der Waals surface area contributed by atoms with Crippen LogP contribution < -0.4 is 5.32 Å². The third-order valence-corrected chi connectivity index (χ3v) is 5.74. The Morgan fingerprint density at radius 3 is 1.65 bits per heavy atom. The van der Waals surface area contributed by atoms with E-state index in [1.165, 1.54) is 38.5 Å². The van der Waals surface area contributed by atoms with Crippen LogP contribution in [0.1, 0.15) is 88.2 Å². The molecular formula is C27H37NO3. The zero-order valence-corrected chi connectivity index (χ0v) is 18.8. The van der Waals surface area contributed by atoms with E-state index < -0.39 is 17.9 Å². The van der Waals surface area contributed by atoms with Gasteiger partial charge < -0.3 is 10.4 Å². The van der Waals surface area contributed by atoms with Crippen LogP contribution in [0.3, 0.4) is 0 Å². The Hall–Kier alpha value is -2.62. The fourth-order valence-corrected chi connectivity index (χ4v) is 4.03. The summed E-state index contributed by atoms with van der Waals surface area (Å²) in [5, 5.41) is 12.7. The summed E-state index contributed by atoms with van der Waals surface area (Å²) in [7, 11) is 0. The second-order valence-corrected chi connectivity index (χ2v) is 8.26. The summed E-state index contributed by atoms with van der Waals surface area (Å²) in [6.07, 6.45) is 11.0. The second kappa shape index (κ2) is 14.4. The highest BCUT2D eigenvalue weighted by atomic mass is 16.4. The van der Waals surface area contributed by atoms with E-state index in [2.05, 4.69) is 12.2 Å². The van der Waals surface area contributed by atoms with Crippen LogP contribution in [0.2, 0.25) is 0 Å². The summed E-state index contributed by atoms with van der Waals surface area (Å²) in [6, 6.07) is 18.1. The Kier molecular flexibility index (Phi) is 11.4. The van der Waals surface area contributed by atoms with E-state index in [-0.39, 0.29) is 5.91 Å². The monoisotopic (exact) mass is 423 g/mol. The van der Waals surface area contributed by atoms with Crippen LogP contribution >= 0.6 is 0 Å². The normalized spacial score (nSPS) is 11.9. The van der Waals surface area contributed by atoms with Crippen molar-refractivity contribution < 1.29 is 14.7 Å². The van der Waals surface area contributed by atoms with Crippen LogP contribution in [-0.4, -0.2) is 23.0 Å². The van der Waals surface area contributed by atoms with Crippen LogP contribution in [0.15, 0.2) is 60.7 Å². The number of unbranched alkanes of at least 4 members (excludes halogenated alkanes) is 8. The smallest absolute Gasteiger partial charge is 0.327 e. The molecule has 2 N–H and O–H groups in total. The molecule has 0 aliphatic rings. The van der Waals surface area contributed by atoms with Crippen LogP contribution in [0, 0.1) is 0 Å². The fraction of sp³-hybridized carbons (Fsp3) is 0.481. The maximum Gasteiger partial charge on any atom is 0.327 e. The van der Waals surface area contributed by atoms with Gasteiger partial charge >= 0.3 is 5.97 Å². The SMILES string of the molecule is CCCCCCCCCCCC(=O)NC(C(=O)O)C(c1ccccc1)c1ccccc1. The fourth-order valence-electron chi connectivity index (χ4n) is 4.03. The first-order chi connectivity index (χ1) is 15.1. The molecule has 0 radical (unpaired) electrons. The molecule has 0 saturated carbocycles. The molecule has 0 saturated heterocycles. The minimum atomic E-state index is -1.02. The number of rotatable bonds is 15. The van der Waals surface area contributed by atoms with Crippen LogP contribution in [0.25, 0.3) is 0 Å². The Balaban J connectivity index is 1.90. The first kappa shape index (κ1) is 24.6. The zero-order chi connectivity index (χ0) is 22.3. The summed E-state index contributed by atoms with van der Waals surface area (Å²) >= 11 is 0. The predicted molar refractivity (Wildman–Crippen MR) is 126 cm³/mol. The molecule has 1 amide bonds. The van der Waals surface area contributed by atoms with E-state index in [4.69, 9.17) is 0 Å². The highest BCUT2D eigenvalue weighted by Crippen LogP contribution is 2.28. The number of hydrogen-bond acceptors (Lipinski definition) is 2. The number of amides is 1. The molecule has 0 spiro atoms. The molecule has 0 aromatic heterocycles. The number of benzene rings is 2. The molecule has 0 heterocycles. The first-order valence-corrected chi connectivity index (χ1v) is 11.8. The zero-order valence-electron chi connectivity index (χ0n) is 18.8. The summed E-state index contributed by atoms with van der Waals surface area (Å²) < 4.78 is 0. The van der Waals surface area contributed by atoms with Gasteiger partial charge in [0.05, 0.1) is 0 Å². The lowest BCUT2D eigenvalue weighted by atomic mass is 9.85. The molecule has 1 atom stereocenters. The van der Waals surface area contributed by atoms with Gasteiger partial charge in [0.25, 0.3) is 0 Å². The second-order valence-electron chi connectivity index (χ2n) is 8.26. The molecular weight excluding hydrogens is 386 g/mol. The maximum absolute atomic E-state index is 12.6. The van der Waals surface area contributed by atoms with E-state index in [1.807, 2.05) is 60.7 Å². The van der Waals surface area contributed by atoms with Crippen LogP contribution in [0.5, 0.6) is 0 Å². The molecule has 2 rings (SSSR count). The molecule has 0 aliphatic heterocycles. The molecule has 0 fully saturated rings. The van der Waals surface area contributed by atoms with Gasteiger partial charge in [-0.3, -0.25) is 4.79 Å². The summed E-state index contributed by atoms with van der Waals surface area (Å²) in [4.78, 5) is 24.7. The minimum Gasteiger partial charge on any atom is -0.480 e. The van der Waals surface area contributed by atoms with Gasteiger partial charge in [-0.15, -0.1) is 0 Å². The molecule has 31 heavy (non-hydrogen) atoms. The van der Waals surface area contributed by atoms with E-state index in [0.717, 1.165) is 30.4 Å². The van der Waals surface area contributed by atoms with E-state index in [0.29, 0.717) is 6.42 Å². The average molecular weight is 424 g/mol. The van der Waals surface area contributed by atoms with E-state index in [9.17, 15) is 14.7 Å². The van der Waals surface area contributed by atoms with Crippen LogP contribution in [-0.2, 0) is 9.59 Å². The average Bonchev–Trinajstić information content (AvgIpc) is 2.79. The van der Waals surface area contributed by atoms with Crippen molar-refractivity contribution >= 4 is 11.9 Å². The van der Waals surface area contributed by atoms with Crippen molar-refractivity contribution in [2.45, 2.75) is 83.1 Å². The largest absolute Gasteiger partial charge is 0.480 e. The molecule has 0 bridgehead atoms. The lowest BCUT2D eigenvalue weighted by molar-refractivity contribution is -0.142. The minimum absolute atomic E-state index is 0.188. The van der Waals surface area contributed by atoms with Crippen molar-refractivity contribution in [2.75, 3.05) is 0 Å². The Bertz CT molecular complexity index is 721. The predicted octanol–water partition coefficient (Wildman–Crippen LogP) is 6.31. The van der Waals surface area contributed by atoms with Crippen molar-refractivity contribution in [2.24, 2.45) is 0 Å². The Morgan fingerprint density at radius 1 is 0.742 bits per heavy atom. The van der Waals surface area contributed by atoms with Crippen LogP contribution in [0.4, 0.5) is 0 Å². The highest BCUT2D eigenvalue weighted by Gasteiger charge is 2.32. The molecule has 168 valence electrons. The number of carboxylic acids is 1. The summed E-state index contributed by atoms with van der Waals surface area (Å²) in [6.45, 7) is 2.22. The maximum atomic E-state index is 12.6. The Morgan fingerprint density at radius 2 is 1.19 bits per heavy atom. The van der Waals surface area contributed by atoms with Gasteiger partial charge in [-0.1, -0.05) is 119 Å². The lowest BCUT2D eigenvalue weighted by Gasteiger charge is -2.26. The molecule has 0 aliphatic carbocycles. The van der Waals surface area contributed by atoms with Gasteiger partial charge in [-0.25, -0.2) is 4.79 Å². The number of hydrogen-bond donors (Lipinski definition) is 2. The van der Waals surface area contributed by atoms with E-state index >= 15 is 0 Å². The highest BCUT2D eigenvalue weighted by molar-refractivity contribution is 5.85. The van der Waals surface area contributed by atoms with Gasteiger partial charge in [-0.2, -0.15) is 0 Å². The Labute approximate surface area is 187 Å². The molecule has 2 aromatic carbocycles. The number of carbonyl (C=O) groups excluding carboxylic acids is 1. The number of aliphatic carboxylic acids is 1. The van der Waals surface area contributed by atoms with Crippen molar-refractivity contribution in [3.8, 4) is 0 Å². The number of nitrogens with one attached hydrogen (secondary N) is 1. The molecule has 4 nitrogen and oxygen atoms in total. The quantitative estimate of drug-likeness (QED) is 0.330. The molecule has 4 heteroatoms. The topological polar surface area (TPSA) is 66.4 Å². The third kappa shape index (κ3) is 8.95. The van der Waals surface area contributed by atoms with Gasteiger partial charge in [0.2, 0.25) is 5.91 Å². The first-order valence-electron chi connectivity index (χ1n) is 11.8. The summed E-state index contributed by atoms with van der Waals surface area (Å²) in [5.74, 6) is -1.64. The van der Waals surface area contributed by atoms with Crippen molar-refractivity contribution in [3.63, 3.8) is 0 Å². The molecule has 1 unspecified atom stereocenters. The van der Waals surface area contributed by atoms with Gasteiger partial charge in [0, 0.05) is 12.3 Å². The van der Waals surface area contributed by atoms with Gasteiger partial charge in [-0.05, 0) is 17.5 Å². The van der Waals surface area contributed by atoms with Crippen molar-refractivity contribution in [3.05, 3.63) is 71.8 Å². The number of carbonyl (C=O) groups is 2. The van der Waals surface area contributed by atoms with Crippen molar-refractivity contribution in [1.29, 1.82) is 0 Å². The van der Waals surface area contributed by atoms with Gasteiger partial charge in [0.1, 0.15) is 6.04 Å². The lowest BCUT2D eigenvalue weighted by Crippen LogP contribution is -2.45. The van der Waals surface area contributed by atoms with Gasteiger partial charge in [0.15, 0.2) is 0 Å². The summed E-state index contributed by atoms with van der Waals surface area (Å²) in [5.41, 5.74) is 1.76. The standard InChI is InChI=1S/C27H37NO3/c1-2-3-4-5-6-7-8-9-16-21-24(29)28-26(27(30)31)25(22-17-12-10-13-18-22)23-19-14-11-15-20-23/h10-15,17-20,25-26H,2-9,16,21H2,1H3,(H,28,29)(H,30,31). The third-order valence-electron chi connectivity index (χ3n) is 5.74. The van der Waals surface area contributed by atoms with E-state index in [1.54, 1.807) is 0 Å². The number of carboxylic acid groups (broad SMARTS) is 1. The van der Waals surface area contributed by atoms with Crippen molar-refractivity contribution in [1.82, 2.24) is 5.32 Å². The molecule has 2 aromatic rings.